The Kier molecular flexibility index (Phi) is 3.29. The lowest BCUT2D eigenvalue weighted by molar-refractivity contribution is -0.138. The van der Waals surface area contributed by atoms with Crippen LogP contribution in [0.1, 0.15) is 20.3 Å². The summed E-state index contributed by atoms with van der Waals surface area (Å²) in [6, 6.07) is 0. The van der Waals surface area contributed by atoms with E-state index in [1.54, 1.807) is 0 Å². The minimum Gasteiger partial charge on any atom is -0.462 e. The zero-order valence-corrected chi connectivity index (χ0v) is 7.45. The van der Waals surface area contributed by atoms with Gasteiger partial charge in [-0.1, -0.05) is 6.92 Å². The van der Waals surface area contributed by atoms with E-state index in [1.807, 2.05) is 19.9 Å². The Morgan fingerprint density at radius 1 is 1.83 bits per heavy atom. The highest BCUT2D eigenvalue weighted by atomic mass is 16.7. The van der Waals surface area contributed by atoms with Crippen LogP contribution in [-0.2, 0) is 14.3 Å². The highest BCUT2D eigenvalue weighted by Crippen LogP contribution is 2.21. The van der Waals surface area contributed by atoms with Gasteiger partial charge in [0, 0.05) is 13.0 Å². The first kappa shape index (κ1) is 9.26. The molecule has 0 aromatic carbocycles. The van der Waals surface area contributed by atoms with Crippen molar-refractivity contribution < 1.29 is 14.3 Å². The van der Waals surface area contributed by atoms with Gasteiger partial charge in [-0.3, -0.25) is 4.79 Å². The van der Waals surface area contributed by atoms with Crippen molar-refractivity contribution in [3.05, 3.63) is 11.8 Å². The molecule has 0 aliphatic carbocycles. The molecular weight excluding hydrogens is 156 g/mol. The summed E-state index contributed by atoms with van der Waals surface area (Å²) in [5, 5.41) is 0. The van der Waals surface area contributed by atoms with Crippen LogP contribution in [-0.4, -0.2) is 19.2 Å². The third-order valence-electron chi connectivity index (χ3n) is 1.75. The normalized spacial score (nSPS) is 29.0. The molecule has 1 heterocycles. The molecule has 0 N–H and O–H groups in total. The van der Waals surface area contributed by atoms with Crippen LogP contribution in [0.15, 0.2) is 11.8 Å². The summed E-state index contributed by atoms with van der Waals surface area (Å²) in [6.45, 7) is 4.56. The molecule has 3 heteroatoms. The number of ether oxygens (including phenoxy) is 2. The van der Waals surface area contributed by atoms with Crippen LogP contribution < -0.4 is 0 Å². The van der Waals surface area contributed by atoms with Crippen molar-refractivity contribution in [3.8, 4) is 0 Å². The zero-order valence-electron chi connectivity index (χ0n) is 7.45. The summed E-state index contributed by atoms with van der Waals surface area (Å²) >= 11 is 0. The van der Waals surface area contributed by atoms with Gasteiger partial charge in [-0.2, -0.15) is 0 Å². The second-order valence-corrected chi connectivity index (χ2v) is 2.90. The molecule has 0 aromatic heterocycles. The number of carbonyl (C=O) groups excluding carboxylic acids is 1. The molecule has 3 nitrogen and oxygen atoms in total. The third kappa shape index (κ3) is 2.34. The molecule has 0 fully saturated rings. The first-order valence-electron chi connectivity index (χ1n) is 4.21. The topological polar surface area (TPSA) is 35.5 Å². The van der Waals surface area contributed by atoms with Crippen molar-refractivity contribution in [3.63, 3.8) is 0 Å². The Morgan fingerprint density at radius 2 is 2.58 bits per heavy atom. The van der Waals surface area contributed by atoms with E-state index in [9.17, 15) is 4.79 Å². The fourth-order valence-electron chi connectivity index (χ4n) is 1.25. The molecule has 0 spiro atoms. The maximum atomic E-state index is 10.4. The molecule has 2 atom stereocenters. The van der Waals surface area contributed by atoms with Gasteiger partial charge in [-0.25, -0.2) is 0 Å². The van der Waals surface area contributed by atoms with Crippen LogP contribution >= 0.6 is 0 Å². The smallest absolute Gasteiger partial charge is 0.200 e. The minimum atomic E-state index is -0.241. The lowest BCUT2D eigenvalue weighted by atomic mass is 10.0. The molecule has 0 aromatic rings. The molecule has 0 bridgehead atoms. The Balaban J connectivity index is 2.53. The summed E-state index contributed by atoms with van der Waals surface area (Å²) in [5.41, 5.74) is 0. The zero-order chi connectivity index (χ0) is 8.97. The van der Waals surface area contributed by atoms with E-state index in [-0.39, 0.29) is 6.29 Å². The van der Waals surface area contributed by atoms with Gasteiger partial charge in [0.05, 0.1) is 0 Å². The van der Waals surface area contributed by atoms with Crippen molar-refractivity contribution in [2.45, 2.75) is 26.6 Å². The fraction of sp³-hybridized carbons (Fsp3) is 0.667. The summed E-state index contributed by atoms with van der Waals surface area (Å²) in [6.07, 6.45) is 3.13. The SMILES string of the molecule is CCO[C@@H]1C[C@H](C)C=C(C=O)O1. The van der Waals surface area contributed by atoms with Crippen molar-refractivity contribution >= 4 is 6.29 Å². The van der Waals surface area contributed by atoms with E-state index in [0.29, 0.717) is 18.3 Å². The number of hydrogen-bond acceptors (Lipinski definition) is 3. The van der Waals surface area contributed by atoms with Crippen molar-refractivity contribution in [2.75, 3.05) is 6.61 Å². The first-order valence-corrected chi connectivity index (χ1v) is 4.21. The van der Waals surface area contributed by atoms with Crippen molar-refractivity contribution in [1.82, 2.24) is 0 Å². The predicted octanol–water partition coefficient (Wildman–Crippen LogP) is 1.49. The van der Waals surface area contributed by atoms with Gasteiger partial charge in [0.25, 0.3) is 0 Å². The van der Waals surface area contributed by atoms with E-state index in [2.05, 4.69) is 0 Å². The molecule has 1 aliphatic rings. The van der Waals surface area contributed by atoms with Crippen LogP contribution in [0, 0.1) is 5.92 Å². The second-order valence-electron chi connectivity index (χ2n) is 2.90. The number of allylic oxidation sites excluding steroid dienone is 2. The van der Waals surface area contributed by atoms with Gasteiger partial charge in [-0.05, 0) is 18.9 Å². The molecule has 1 aliphatic heterocycles. The number of hydrogen-bond donors (Lipinski definition) is 0. The quantitative estimate of drug-likeness (QED) is 0.602. The molecule has 68 valence electrons. The van der Waals surface area contributed by atoms with Gasteiger partial charge in [0.2, 0.25) is 6.29 Å². The Hall–Kier alpha value is -0.830. The molecule has 0 unspecified atom stereocenters. The predicted molar refractivity (Wildman–Crippen MR) is 44.4 cm³/mol. The molecular formula is C9H14O3. The lowest BCUT2D eigenvalue weighted by Gasteiger charge is -2.25. The highest BCUT2D eigenvalue weighted by Gasteiger charge is 2.20. The van der Waals surface area contributed by atoms with Gasteiger partial charge in [-0.15, -0.1) is 0 Å². The highest BCUT2D eigenvalue weighted by molar-refractivity contribution is 5.70. The summed E-state index contributed by atoms with van der Waals surface area (Å²) < 4.78 is 10.5. The molecule has 0 amide bonds. The second kappa shape index (κ2) is 4.26. The molecule has 0 saturated carbocycles. The molecule has 0 saturated heterocycles. The standard InChI is InChI=1S/C9H14O3/c1-3-11-9-5-7(2)4-8(6-10)12-9/h4,6-7,9H,3,5H2,1-2H3/t7-,9+/m1/s1. The monoisotopic (exact) mass is 170 g/mol. The number of carbonyl (C=O) groups is 1. The molecule has 1 rings (SSSR count). The average Bonchev–Trinajstić information content (AvgIpc) is 2.04. The largest absolute Gasteiger partial charge is 0.462 e. The van der Waals surface area contributed by atoms with E-state index >= 15 is 0 Å². The average molecular weight is 170 g/mol. The summed E-state index contributed by atoms with van der Waals surface area (Å²) in [5.74, 6) is 0.753. The summed E-state index contributed by atoms with van der Waals surface area (Å²) in [7, 11) is 0. The first-order chi connectivity index (χ1) is 5.76. The van der Waals surface area contributed by atoms with Crippen molar-refractivity contribution in [1.29, 1.82) is 0 Å². The van der Waals surface area contributed by atoms with Crippen LogP contribution in [0.2, 0.25) is 0 Å². The number of rotatable bonds is 3. The van der Waals surface area contributed by atoms with Gasteiger partial charge < -0.3 is 9.47 Å². The minimum absolute atomic E-state index is 0.241. The fourth-order valence-corrected chi connectivity index (χ4v) is 1.25. The number of aldehydes is 1. The van der Waals surface area contributed by atoms with Crippen LogP contribution in [0.3, 0.4) is 0 Å². The Bertz CT molecular complexity index is 186. The lowest BCUT2D eigenvalue weighted by Crippen LogP contribution is -2.24. The summed E-state index contributed by atoms with van der Waals surface area (Å²) in [4.78, 5) is 10.4. The van der Waals surface area contributed by atoms with Crippen LogP contribution in [0.5, 0.6) is 0 Å². The maximum absolute atomic E-state index is 10.4. The molecule has 12 heavy (non-hydrogen) atoms. The van der Waals surface area contributed by atoms with Gasteiger partial charge in [0.15, 0.2) is 12.0 Å². The van der Waals surface area contributed by atoms with E-state index in [4.69, 9.17) is 9.47 Å². The Labute approximate surface area is 72.4 Å². The van der Waals surface area contributed by atoms with Gasteiger partial charge >= 0.3 is 0 Å². The van der Waals surface area contributed by atoms with E-state index < -0.39 is 0 Å². The third-order valence-corrected chi connectivity index (χ3v) is 1.75. The van der Waals surface area contributed by atoms with E-state index in [0.717, 1.165) is 12.7 Å². The van der Waals surface area contributed by atoms with Crippen LogP contribution in [0.25, 0.3) is 0 Å². The maximum Gasteiger partial charge on any atom is 0.200 e. The van der Waals surface area contributed by atoms with Gasteiger partial charge in [0.1, 0.15) is 0 Å². The van der Waals surface area contributed by atoms with Crippen LogP contribution in [0.4, 0.5) is 0 Å². The molecule has 0 radical (unpaired) electrons. The van der Waals surface area contributed by atoms with E-state index in [1.165, 1.54) is 0 Å². The van der Waals surface area contributed by atoms with Crippen molar-refractivity contribution in [2.24, 2.45) is 5.92 Å². The Morgan fingerprint density at radius 3 is 3.17 bits per heavy atom.